The van der Waals surface area contributed by atoms with E-state index in [4.69, 9.17) is 4.74 Å². The minimum Gasteiger partial charge on any atom is -0.494 e. The molecule has 1 amide bonds. The summed E-state index contributed by atoms with van der Waals surface area (Å²) in [6.45, 7) is 2.57. The fraction of sp³-hybridized carbons (Fsp3) is 0.250. The van der Waals surface area contributed by atoms with E-state index in [0.717, 1.165) is 22.5 Å². The van der Waals surface area contributed by atoms with E-state index in [1.807, 2.05) is 25.1 Å². The van der Waals surface area contributed by atoms with Crippen molar-refractivity contribution in [2.24, 2.45) is 5.10 Å². The lowest BCUT2D eigenvalue weighted by Gasteiger charge is -2.08. The maximum Gasteiger partial charge on any atom is 0.299 e. The predicted molar refractivity (Wildman–Crippen MR) is 82.0 cm³/mol. The minimum absolute atomic E-state index is 0. The number of halogens is 1. The summed E-state index contributed by atoms with van der Waals surface area (Å²) in [5, 5.41) is 3.87. The van der Waals surface area contributed by atoms with Gasteiger partial charge in [0.15, 0.2) is 5.82 Å². The lowest BCUT2D eigenvalue weighted by molar-refractivity contribution is 0.261. The quantitative estimate of drug-likeness (QED) is 0.913. The Morgan fingerprint density at radius 2 is 2.30 bits per heavy atom. The number of nitrogens with zero attached hydrogens (tertiary/aromatic N) is 2. The number of ether oxygens (including phenoxy) is 1. The van der Waals surface area contributed by atoms with E-state index in [9.17, 15) is 4.79 Å². The molecule has 0 spiro atoms. The van der Waals surface area contributed by atoms with Gasteiger partial charge in [0, 0.05) is 6.07 Å². The fourth-order valence-corrected chi connectivity index (χ4v) is 2.39. The average molecular weight is 313 g/mol. The molecule has 3 rings (SSSR count). The zero-order valence-electron chi connectivity index (χ0n) is 10.7. The van der Waals surface area contributed by atoms with E-state index in [1.165, 1.54) is 11.8 Å². The molecular formula is C12H13ClN4O2S. The van der Waals surface area contributed by atoms with Crippen molar-refractivity contribution in [1.82, 2.24) is 15.4 Å². The second kappa shape index (κ2) is 6.15. The number of carbonyl (C=O) groups excluding carboxylic acids is 1. The van der Waals surface area contributed by atoms with Gasteiger partial charge in [0.25, 0.3) is 5.24 Å². The van der Waals surface area contributed by atoms with Gasteiger partial charge >= 0.3 is 0 Å². The molecule has 0 fully saturated rings. The second-order valence-corrected chi connectivity index (χ2v) is 4.89. The van der Waals surface area contributed by atoms with E-state index in [0.29, 0.717) is 18.2 Å². The molecule has 0 aliphatic carbocycles. The number of aromatic amines is 1. The van der Waals surface area contributed by atoms with Gasteiger partial charge in [0.1, 0.15) is 11.5 Å². The van der Waals surface area contributed by atoms with Crippen LogP contribution in [0, 0.1) is 0 Å². The van der Waals surface area contributed by atoms with Crippen LogP contribution in [0.25, 0.3) is 11.0 Å². The molecule has 2 N–H and O–H groups in total. The van der Waals surface area contributed by atoms with Crippen molar-refractivity contribution in [3.8, 4) is 5.75 Å². The van der Waals surface area contributed by atoms with Crippen LogP contribution in [0.1, 0.15) is 12.7 Å². The van der Waals surface area contributed by atoms with Gasteiger partial charge in [-0.05, 0) is 19.1 Å². The number of aromatic nitrogens is 2. The zero-order chi connectivity index (χ0) is 13.2. The van der Waals surface area contributed by atoms with Crippen molar-refractivity contribution in [1.29, 1.82) is 0 Å². The summed E-state index contributed by atoms with van der Waals surface area (Å²) >= 11 is 1.18. The second-order valence-electron chi connectivity index (χ2n) is 3.94. The highest BCUT2D eigenvalue weighted by molar-refractivity contribution is 8.14. The van der Waals surface area contributed by atoms with Crippen molar-refractivity contribution in [3.63, 3.8) is 0 Å². The number of nitrogens with one attached hydrogen (secondary N) is 2. The molecular weight excluding hydrogens is 300 g/mol. The number of hydrogen-bond donors (Lipinski definition) is 2. The molecule has 106 valence electrons. The van der Waals surface area contributed by atoms with E-state index in [-0.39, 0.29) is 17.6 Å². The third-order valence-corrected chi connectivity index (χ3v) is 3.43. The third-order valence-electron chi connectivity index (χ3n) is 2.66. The van der Waals surface area contributed by atoms with Gasteiger partial charge in [-0.1, -0.05) is 11.8 Å². The summed E-state index contributed by atoms with van der Waals surface area (Å²) in [5.74, 6) is 2.00. The Morgan fingerprint density at radius 1 is 1.45 bits per heavy atom. The first-order chi connectivity index (χ1) is 9.26. The molecule has 2 heterocycles. The summed E-state index contributed by atoms with van der Waals surface area (Å²) in [6, 6.07) is 5.69. The Bertz CT molecular complexity index is 671. The van der Waals surface area contributed by atoms with Crippen LogP contribution in [0.5, 0.6) is 5.75 Å². The predicted octanol–water partition coefficient (Wildman–Crippen LogP) is 2.54. The molecule has 0 atom stereocenters. The smallest absolute Gasteiger partial charge is 0.299 e. The minimum atomic E-state index is -0.140. The zero-order valence-corrected chi connectivity index (χ0v) is 12.3. The van der Waals surface area contributed by atoms with E-state index in [1.54, 1.807) is 0 Å². The largest absolute Gasteiger partial charge is 0.494 e. The van der Waals surface area contributed by atoms with Crippen LogP contribution in [0.3, 0.4) is 0 Å². The first-order valence-electron chi connectivity index (χ1n) is 5.88. The Hall–Kier alpha value is -1.73. The molecule has 1 aliphatic rings. The number of carbonyl (C=O) groups is 1. The van der Waals surface area contributed by atoms with Gasteiger partial charge in [-0.15, -0.1) is 12.4 Å². The highest BCUT2D eigenvalue weighted by Gasteiger charge is 2.17. The van der Waals surface area contributed by atoms with E-state index < -0.39 is 0 Å². The summed E-state index contributed by atoms with van der Waals surface area (Å²) in [7, 11) is 0. The standard InChI is InChI=1S/C12H12N4O2S.ClH/c1-2-18-7-3-4-8-9(5-7)14-11(13-8)10-6-19-12(17)16-15-10;/h3-5H,2,6H2,1H3,(H,13,14)(H,16,17);1H. The molecule has 8 heteroatoms. The van der Waals surface area contributed by atoms with Gasteiger partial charge in [-0.25, -0.2) is 10.4 Å². The number of thioether (sulfide) groups is 1. The average Bonchev–Trinajstić information content (AvgIpc) is 2.83. The molecule has 0 saturated heterocycles. The number of hydrazone groups is 1. The summed E-state index contributed by atoms with van der Waals surface area (Å²) < 4.78 is 5.44. The Balaban J connectivity index is 0.00000147. The number of benzene rings is 1. The van der Waals surface area contributed by atoms with Crippen LogP contribution in [0.15, 0.2) is 23.3 Å². The number of H-pyrrole nitrogens is 1. The van der Waals surface area contributed by atoms with Gasteiger partial charge in [-0.3, -0.25) is 4.79 Å². The Kier molecular flexibility index (Phi) is 4.51. The van der Waals surface area contributed by atoms with Crippen LogP contribution in [-0.4, -0.2) is 33.3 Å². The lowest BCUT2D eigenvalue weighted by atomic mass is 10.3. The molecule has 1 aromatic carbocycles. The van der Waals surface area contributed by atoms with Gasteiger partial charge in [-0.2, -0.15) is 5.10 Å². The number of fused-ring (bicyclic) bond motifs is 1. The molecule has 2 aromatic rings. The Labute approximate surface area is 125 Å². The highest BCUT2D eigenvalue weighted by Crippen LogP contribution is 2.20. The maximum atomic E-state index is 11.0. The van der Waals surface area contributed by atoms with Crippen molar-refractivity contribution in [3.05, 3.63) is 24.0 Å². The van der Waals surface area contributed by atoms with Crippen LogP contribution >= 0.6 is 24.2 Å². The Morgan fingerprint density at radius 3 is 3.00 bits per heavy atom. The normalized spacial score (nSPS) is 14.4. The topological polar surface area (TPSA) is 79.4 Å². The van der Waals surface area contributed by atoms with Crippen LogP contribution in [0.2, 0.25) is 0 Å². The third kappa shape index (κ3) is 2.88. The molecule has 0 radical (unpaired) electrons. The van der Waals surface area contributed by atoms with Crippen molar-refractivity contribution in [2.45, 2.75) is 6.92 Å². The molecule has 0 saturated carbocycles. The van der Waals surface area contributed by atoms with Crippen LogP contribution in [0.4, 0.5) is 4.79 Å². The van der Waals surface area contributed by atoms with Crippen molar-refractivity contribution in [2.75, 3.05) is 12.4 Å². The van der Waals surface area contributed by atoms with Crippen molar-refractivity contribution < 1.29 is 9.53 Å². The molecule has 0 bridgehead atoms. The van der Waals surface area contributed by atoms with Crippen LogP contribution in [-0.2, 0) is 0 Å². The van der Waals surface area contributed by atoms with Gasteiger partial charge in [0.2, 0.25) is 0 Å². The molecule has 1 aromatic heterocycles. The molecule has 20 heavy (non-hydrogen) atoms. The first-order valence-corrected chi connectivity index (χ1v) is 6.87. The number of amides is 1. The fourth-order valence-electron chi connectivity index (χ4n) is 1.81. The maximum absolute atomic E-state index is 11.0. The number of imidazole rings is 1. The molecule has 0 unspecified atom stereocenters. The SMILES string of the molecule is CCOc1ccc2nc(C3=NNC(=O)SC3)[nH]c2c1.Cl. The lowest BCUT2D eigenvalue weighted by Crippen LogP contribution is -2.24. The van der Waals surface area contributed by atoms with Gasteiger partial charge < -0.3 is 9.72 Å². The highest BCUT2D eigenvalue weighted by atomic mass is 35.5. The van der Waals surface area contributed by atoms with Crippen LogP contribution < -0.4 is 10.2 Å². The molecule has 6 nitrogen and oxygen atoms in total. The number of rotatable bonds is 3. The summed E-state index contributed by atoms with van der Waals surface area (Å²) in [6.07, 6.45) is 0. The summed E-state index contributed by atoms with van der Waals surface area (Å²) in [4.78, 5) is 18.7. The van der Waals surface area contributed by atoms with E-state index >= 15 is 0 Å². The monoisotopic (exact) mass is 312 g/mol. The first kappa shape index (κ1) is 14.7. The number of hydrogen-bond acceptors (Lipinski definition) is 5. The van der Waals surface area contributed by atoms with E-state index in [2.05, 4.69) is 20.5 Å². The van der Waals surface area contributed by atoms with Gasteiger partial charge in [0.05, 0.1) is 23.4 Å². The van der Waals surface area contributed by atoms with Crippen molar-refractivity contribution >= 4 is 46.2 Å². The summed E-state index contributed by atoms with van der Waals surface area (Å²) in [5.41, 5.74) is 4.91. The molecule has 1 aliphatic heterocycles.